The van der Waals surface area contributed by atoms with Gasteiger partial charge in [-0.2, -0.15) is 0 Å². The molecule has 37 heavy (non-hydrogen) atoms. The molecule has 3 nitrogen and oxygen atoms in total. The van der Waals surface area contributed by atoms with Gasteiger partial charge in [0.15, 0.2) is 8.32 Å². The second-order valence-corrected chi connectivity index (χ2v) is 21.2. The number of carbonyl (C=O) groups excluding carboxylic acids is 2. The fraction of sp³-hybridized carbons (Fsp3) is 0.939. The Labute approximate surface area is 229 Å². The molecule has 4 fully saturated rings. The highest BCUT2D eigenvalue weighted by Crippen LogP contribution is 2.67. The number of carbonyl (C=O) groups is 2. The SMILES string of the molecule is CC(C)CC(=O)C[C@H](C)[C@H]1CC(=O)[C@H]2[C@@H]3CC[C@H]4C[C@@H](O[Si](C)(C)C(C)(C)C)CC[C@]4(C)[C@H]3CC[C@]12C. The van der Waals surface area contributed by atoms with E-state index >= 15 is 0 Å². The third-order valence-corrected chi connectivity index (χ3v) is 17.1. The van der Waals surface area contributed by atoms with E-state index < -0.39 is 8.32 Å². The zero-order valence-electron chi connectivity index (χ0n) is 25.9. The molecule has 0 N–H and O–H groups in total. The van der Waals surface area contributed by atoms with E-state index in [-0.39, 0.29) is 16.4 Å². The molecular weight excluding hydrogens is 472 g/mol. The van der Waals surface area contributed by atoms with Crippen molar-refractivity contribution in [1.29, 1.82) is 0 Å². The standard InChI is InChI=1S/C33H58O3Si/c1-21(2)17-24(34)18-22(3)28-20-29(35)30-26-12-11-23-19-25(36-37(9,10)31(4,5)6)13-15-32(23,7)27(26)14-16-33(28,30)8/h21-23,25-28,30H,11-20H2,1-10H3/t22-,23-,25-,26+,27-,28+,30+,32-,33+/m0/s1. The average Bonchev–Trinajstić information content (AvgIpc) is 3.03. The van der Waals surface area contributed by atoms with Crippen LogP contribution in [0.25, 0.3) is 0 Å². The molecule has 0 amide bonds. The van der Waals surface area contributed by atoms with Crippen molar-refractivity contribution in [1.82, 2.24) is 0 Å². The van der Waals surface area contributed by atoms with Crippen LogP contribution in [0.2, 0.25) is 18.1 Å². The fourth-order valence-corrected chi connectivity index (χ4v) is 11.0. The molecule has 0 unspecified atom stereocenters. The maximum Gasteiger partial charge on any atom is 0.192 e. The van der Waals surface area contributed by atoms with Crippen LogP contribution in [0.1, 0.15) is 120 Å². The highest BCUT2D eigenvalue weighted by atomic mass is 28.4. The van der Waals surface area contributed by atoms with Gasteiger partial charge in [0.2, 0.25) is 0 Å². The second-order valence-electron chi connectivity index (χ2n) is 16.4. The summed E-state index contributed by atoms with van der Waals surface area (Å²) < 4.78 is 6.93. The van der Waals surface area contributed by atoms with Crippen LogP contribution < -0.4 is 0 Å². The van der Waals surface area contributed by atoms with Gasteiger partial charge in [0.05, 0.1) is 0 Å². The van der Waals surface area contributed by atoms with Crippen molar-refractivity contribution in [2.24, 2.45) is 52.3 Å². The molecule has 0 aromatic carbocycles. The van der Waals surface area contributed by atoms with Crippen LogP contribution in [0, 0.1) is 52.3 Å². The Kier molecular flexibility index (Phi) is 8.10. The normalized spacial score (nSPS) is 41.2. The first kappa shape index (κ1) is 29.5. The molecule has 212 valence electrons. The quantitative estimate of drug-likeness (QED) is 0.309. The third-order valence-electron chi connectivity index (χ3n) is 12.6. The summed E-state index contributed by atoms with van der Waals surface area (Å²) in [6, 6.07) is 0. The second kappa shape index (κ2) is 10.2. The zero-order valence-corrected chi connectivity index (χ0v) is 26.9. The highest BCUT2D eigenvalue weighted by Gasteiger charge is 2.63. The number of Topliss-reactive ketones (excluding diaryl/α,β-unsaturated/α-hetero) is 2. The highest BCUT2D eigenvalue weighted by molar-refractivity contribution is 6.74. The van der Waals surface area contributed by atoms with Crippen molar-refractivity contribution in [2.75, 3.05) is 0 Å². The van der Waals surface area contributed by atoms with E-state index in [0.29, 0.717) is 71.9 Å². The van der Waals surface area contributed by atoms with Crippen molar-refractivity contribution >= 4 is 19.9 Å². The smallest absolute Gasteiger partial charge is 0.192 e. The molecule has 0 spiro atoms. The van der Waals surface area contributed by atoms with Crippen LogP contribution in [-0.4, -0.2) is 26.0 Å². The lowest BCUT2D eigenvalue weighted by atomic mass is 9.44. The lowest BCUT2D eigenvalue weighted by Crippen LogP contribution is -2.56. The zero-order chi connectivity index (χ0) is 27.6. The van der Waals surface area contributed by atoms with Crippen LogP contribution in [0.5, 0.6) is 0 Å². The molecule has 0 aliphatic heterocycles. The van der Waals surface area contributed by atoms with Crippen molar-refractivity contribution < 1.29 is 14.0 Å². The molecule has 4 rings (SSSR count). The summed E-state index contributed by atoms with van der Waals surface area (Å²) in [5.74, 6) is 4.22. The van der Waals surface area contributed by atoms with Gasteiger partial charge in [0.1, 0.15) is 11.6 Å². The third kappa shape index (κ3) is 5.33. The average molecular weight is 531 g/mol. The van der Waals surface area contributed by atoms with E-state index in [0.717, 1.165) is 5.92 Å². The minimum Gasteiger partial charge on any atom is -0.414 e. The Bertz CT molecular complexity index is 871. The lowest BCUT2D eigenvalue weighted by molar-refractivity contribution is -0.145. The number of hydrogen-bond donors (Lipinski definition) is 0. The van der Waals surface area contributed by atoms with E-state index in [1.54, 1.807) is 0 Å². The van der Waals surface area contributed by atoms with Crippen LogP contribution in [0.3, 0.4) is 0 Å². The maximum atomic E-state index is 13.7. The molecule has 0 bridgehead atoms. The Balaban J connectivity index is 1.47. The topological polar surface area (TPSA) is 43.4 Å². The summed E-state index contributed by atoms with van der Waals surface area (Å²) in [4.78, 5) is 26.4. The Morgan fingerprint density at radius 1 is 1.00 bits per heavy atom. The predicted molar refractivity (Wildman–Crippen MR) is 156 cm³/mol. The number of fused-ring (bicyclic) bond motifs is 5. The molecule has 4 aliphatic carbocycles. The van der Waals surface area contributed by atoms with Crippen LogP contribution >= 0.6 is 0 Å². The van der Waals surface area contributed by atoms with Gasteiger partial charge < -0.3 is 4.43 Å². The Morgan fingerprint density at radius 2 is 1.65 bits per heavy atom. The lowest BCUT2D eigenvalue weighted by Gasteiger charge is -2.61. The van der Waals surface area contributed by atoms with Gasteiger partial charge in [-0.05, 0) is 109 Å². The molecule has 4 aliphatic rings. The summed E-state index contributed by atoms with van der Waals surface area (Å²) in [6.45, 7) is 23.4. The molecule has 0 radical (unpaired) electrons. The summed E-state index contributed by atoms with van der Waals surface area (Å²) in [5.41, 5.74) is 0.441. The molecule has 4 saturated carbocycles. The van der Waals surface area contributed by atoms with Gasteiger partial charge in [0, 0.05) is 31.3 Å². The summed E-state index contributed by atoms with van der Waals surface area (Å²) in [5, 5.41) is 0.259. The molecule has 0 heterocycles. The Morgan fingerprint density at radius 3 is 2.27 bits per heavy atom. The largest absolute Gasteiger partial charge is 0.414 e. The van der Waals surface area contributed by atoms with Crippen LogP contribution in [-0.2, 0) is 14.0 Å². The molecule has 4 heteroatoms. The van der Waals surface area contributed by atoms with Gasteiger partial charge in [-0.15, -0.1) is 0 Å². The molecule has 0 aromatic heterocycles. The monoisotopic (exact) mass is 530 g/mol. The molecular formula is C33H58O3Si. The van der Waals surface area contributed by atoms with Gasteiger partial charge in [-0.25, -0.2) is 0 Å². The van der Waals surface area contributed by atoms with Gasteiger partial charge in [0.25, 0.3) is 0 Å². The van der Waals surface area contributed by atoms with Crippen molar-refractivity contribution in [3.63, 3.8) is 0 Å². The fourth-order valence-electron chi connectivity index (χ4n) is 9.65. The predicted octanol–water partition coefficient (Wildman–Crippen LogP) is 8.86. The Hall–Kier alpha value is -0.483. The summed E-state index contributed by atoms with van der Waals surface area (Å²) in [7, 11) is -1.75. The van der Waals surface area contributed by atoms with Gasteiger partial charge in [-0.1, -0.05) is 55.4 Å². The van der Waals surface area contributed by atoms with Gasteiger partial charge in [-0.3, -0.25) is 9.59 Å². The van der Waals surface area contributed by atoms with E-state index in [1.807, 2.05) is 0 Å². The molecule has 9 atom stereocenters. The molecule has 0 aromatic rings. The van der Waals surface area contributed by atoms with E-state index in [9.17, 15) is 9.59 Å². The van der Waals surface area contributed by atoms with E-state index in [2.05, 4.69) is 68.5 Å². The summed E-state index contributed by atoms with van der Waals surface area (Å²) >= 11 is 0. The van der Waals surface area contributed by atoms with E-state index in [1.165, 1.54) is 44.9 Å². The molecule has 0 saturated heterocycles. The van der Waals surface area contributed by atoms with Crippen molar-refractivity contribution in [2.45, 2.75) is 144 Å². The van der Waals surface area contributed by atoms with Gasteiger partial charge >= 0.3 is 0 Å². The first-order valence-electron chi connectivity index (χ1n) is 15.7. The first-order valence-corrected chi connectivity index (χ1v) is 18.6. The first-order chi connectivity index (χ1) is 17.0. The van der Waals surface area contributed by atoms with Crippen molar-refractivity contribution in [3.05, 3.63) is 0 Å². The minimum atomic E-state index is -1.75. The number of ketones is 2. The number of hydrogen-bond acceptors (Lipinski definition) is 3. The number of rotatable bonds is 7. The van der Waals surface area contributed by atoms with Crippen LogP contribution in [0.15, 0.2) is 0 Å². The van der Waals surface area contributed by atoms with E-state index in [4.69, 9.17) is 4.43 Å². The minimum absolute atomic E-state index is 0.0849. The van der Waals surface area contributed by atoms with Crippen LogP contribution in [0.4, 0.5) is 0 Å². The van der Waals surface area contributed by atoms with Crippen molar-refractivity contribution in [3.8, 4) is 0 Å². The maximum absolute atomic E-state index is 13.7. The summed E-state index contributed by atoms with van der Waals surface area (Å²) in [6.07, 6.45) is 11.1.